The highest BCUT2D eigenvalue weighted by atomic mass is 16.3. The van der Waals surface area contributed by atoms with Gasteiger partial charge in [-0.05, 0) is 30.2 Å². The van der Waals surface area contributed by atoms with E-state index in [0.29, 0.717) is 21.9 Å². The summed E-state index contributed by atoms with van der Waals surface area (Å²) < 4.78 is 5.61. The number of fused-ring (bicyclic) bond motifs is 2. The van der Waals surface area contributed by atoms with Crippen LogP contribution in [-0.2, 0) is 6.42 Å². The molecule has 3 aromatic rings. The van der Waals surface area contributed by atoms with Crippen molar-refractivity contribution in [3.05, 3.63) is 51.8 Å². The lowest BCUT2D eigenvalue weighted by molar-refractivity contribution is 0.644. The second-order valence-electron chi connectivity index (χ2n) is 4.30. The molecule has 4 nitrogen and oxygen atoms in total. The largest absolute Gasteiger partial charge is 0.437 e. The van der Waals surface area contributed by atoms with Crippen LogP contribution in [0.3, 0.4) is 0 Å². The highest BCUT2D eigenvalue weighted by Gasteiger charge is 2.09. The molecule has 0 atom stereocenters. The number of hydrogen-bond acceptors (Lipinski definition) is 4. The minimum absolute atomic E-state index is 0.142. The smallest absolute Gasteiger partial charge is 0.230 e. The van der Waals surface area contributed by atoms with E-state index in [1.165, 1.54) is 12.3 Å². The first-order valence-electron chi connectivity index (χ1n) is 5.98. The third-order valence-electron chi connectivity index (χ3n) is 3.13. The van der Waals surface area contributed by atoms with Gasteiger partial charge in [0.25, 0.3) is 0 Å². The third kappa shape index (κ3) is 1.76. The van der Waals surface area contributed by atoms with Crippen LogP contribution in [0.4, 0.5) is 0 Å². The molecule has 3 rings (SSSR count). The predicted molar refractivity (Wildman–Crippen MR) is 71.9 cm³/mol. The summed E-state index contributed by atoms with van der Waals surface area (Å²) in [6.45, 7) is 2.03. The normalized spacial score (nSPS) is 10.7. The van der Waals surface area contributed by atoms with Crippen molar-refractivity contribution >= 4 is 22.1 Å². The minimum atomic E-state index is -0.142. The van der Waals surface area contributed by atoms with E-state index in [-0.39, 0.29) is 11.1 Å². The van der Waals surface area contributed by atoms with E-state index in [9.17, 15) is 4.79 Å². The fraction of sp³-hybridized carbons (Fsp3) is 0.133. The maximum absolute atomic E-state index is 12.4. The molecule has 1 aromatic carbocycles. The SMILES string of the molecule is CCc1ccc2oc3ncc(C#N)cc3c(=O)c2c1. The predicted octanol–water partition coefficient (Wildman–Crippen LogP) is 2.78. The Morgan fingerprint density at radius 2 is 2.16 bits per heavy atom. The van der Waals surface area contributed by atoms with Gasteiger partial charge in [0.05, 0.1) is 16.3 Å². The summed E-state index contributed by atoms with van der Waals surface area (Å²) in [5, 5.41) is 9.74. The quantitative estimate of drug-likeness (QED) is 0.623. The Kier molecular flexibility index (Phi) is 2.53. The molecule has 0 spiro atoms. The van der Waals surface area contributed by atoms with Crippen molar-refractivity contribution < 1.29 is 4.42 Å². The van der Waals surface area contributed by atoms with Crippen LogP contribution in [0, 0.1) is 11.3 Å². The Morgan fingerprint density at radius 1 is 1.32 bits per heavy atom. The molecule has 4 heteroatoms. The minimum Gasteiger partial charge on any atom is -0.437 e. The Labute approximate surface area is 108 Å². The van der Waals surface area contributed by atoms with Crippen LogP contribution in [0.2, 0.25) is 0 Å². The van der Waals surface area contributed by atoms with Gasteiger partial charge >= 0.3 is 0 Å². The molecule has 0 aliphatic rings. The summed E-state index contributed by atoms with van der Waals surface area (Å²) in [7, 11) is 0. The second kappa shape index (κ2) is 4.21. The Morgan fingerprint density at radius 3 is 2.89 bits per heavy atom. The van der Waals surface area contributed by atoms with Crippen molar-refractivity contribution in [2.24, 2.45) is 0 Å². The van der Waals surface area contributed by atoms with Crippen LogP contribution in [0.5, 0.6) is 0 Å². The lowest BCUT2D eigenvalue weighted by atomic mass is 10.1. The summed E-state index contributed by atoms with van der Waals surface area (Å²) in [6.07, 6.45) is 2.25. The van der Waals surface area contributed by atoms with Gasteiger partial charge in [-0.15, -0.1) is 0 Å². The van der Waals surface area contributed by atoms with E-state index in [0.717, 1.165) is 12.0 Å². The fourth-order valence-corrected chi connectivity index (χ4v) is 2.07. The van der Waals surface area contributed by atoms with Gasteiger partial charge in [-0.3, -0.25) is 4.79 Å². The highest BCUT2D eigenvalue weighted by Crippen LogP contribution is 2.19. The van der Waals surface area contributed by atoms with Crippen molar-refractivity contribution in [2.45, 2.75) is 13.3 Å². The Bertz CT molecular complexity index is 888. The molecule has 0 amide bonds. The molecule has 19 heavy (non-hydrogen) atoms. The Balaban J connectivity index is 2.47. The van der Waals surface area contributed by atoms with Gasteiger partial charge in [-0.2, -0.15) is 5.26 Å². The fourth-order valence-electron chi connectivity index (χ4n) is 2.07. The number of benzene rings is 1. The first kappa shape index (κ1) is 11.4. The lowest BCUT2D eigenvalue weighted by Gasteiger charge is -2.02. The summed E-state index contributed by atoms with van der Waals surface area (Å²) in [4.78, 5) is 16.4. The average Bonchev–Trinajstić information content (AvgIpc) is 2.47. The molecule has 0 aliphatic heterocycles. The van der Waals surface area contributed by atoms with Gasteiger partial charge in [0.2, 0.25) is 11.1 Å². The van der Waals surface area contributed by atoms with Crippen LogP contribution in [0.25, 0.3) is 22.1 Å². The van der Waals surface area contributed by atoms with Crippen molar-refractivity contribution in [1.29, 1.82) is 5.26 Å². The van der Waals surface area contributed by atoms with Gasteiger partial charge in [0.1, 0.15) is 11.7 Å². The summed E-state index contributed by atoms with van der Waals surface area (Å²) >= 11 is 0. The molecule has 0 radical (unpaired) electrons. The lowest BCUT2D eigenvalue weighted by Crippen LogP contribution is -2.04. The molecule has 0 N–H and O–H groups in total. The van der Waals surface area contributed by atoms with Crippen LogP contribution < -0.4 is 5.43 Å². The number of nitrogens with zero attached hydrogens (tertiary/aromatic N) is 2. The standard InChI is InChI=1S/C15H10N2O2/c1-2-9-3-4-13-11(5-9)14(18)12-6-10(7-16)8-17-15(12)19-13/h3-6,8H,2H2,1H3. The number of aromatic nitrogens is 1. The van der Waals surface area contributed by atoms with Crippen molar-refractivity contribution in [1.82, 2.24) is 4.98 Å². The van der Waals surface area contributed by atoms with Crippen LogP contribution >= 0.6 is 0 Å². The molecule has 0 aliphatic carbocycles. The zero-order valence-corrected chi connectivity index (χ0v) is 10.3. The number of nitriles is 1. The van der Waals surface area contributed by atoms with Crippen LogP contribution in [0.1, 0.15) is 18.1 Å². The average molecular weight is 250 g/mol. The number of pyridine rings is 1. The number of aryl methyl sites for hydroxylation is 1. The Hall–Kier alpha value is -2.67. The van der Waals surface area contributed by atoms with Gasteiger partial charge in [0.15, 0.2) is 0 Å². The zero-order valence-electron chi connectivity index (χ0n) is 10.3. The zero-order chi connectivity index (χ0) is 13.4. The number of hydrogen-bond donors (Lipinski definition) is 0. The molecule has 0 unspecified atom stereocenters. The summed E-state index contributed by atoms with van der Waals surface area (Å²) in [5.41, 5.74) is 2.07. The van der Waals surface area contributed by atoms with E-state index in [1.54, 1.807) is 6.07 Å². The second-order valence-corrected chi connectivity index (χ2v) is 4.30. The molecule has 2 aromatic heterocycles. The van der Waals surface area contributed by atoms with E-state index < -0.39 is 0 Å². The first-order chi connectivity index (χ1) is 9.22. The molecular weight excluding hydrogens is 240 g/mol. The molecule has 0 fully saturated rings. The van der Waals surface area contributed by atoms with Crippen molar-refractivity contribution in [3.8, 4) is 6.07 Å². The summed E-state index contributed by atoms with van der Waals surface area (Å²) in [5.74, 6) is 0. The van der Waals surface area contributed by atoms with E-state index in [2.05, 4.69) is 4.98 Å². The van der Waals surface area contributed by atoms with Crippen LogP contribution in [0.15, 0.2) is 39.7 Å². The van der Waals surface area contributed by atoms with Crippen LogP contribution in [-0.4, -0.2) is 4.98 Å². The van der Waals surface area contributed by atoms with Gasteiger partial charge in [-0.1, -0.05) is 13.0 Å². The third-order valence-corrected chi connectivity index (χ3v) is 3.13. The topological polar surface area (TPSA) is 66.9 Å². The molecule has 2 heterocycles. The van der Waals surface area contributed by atoms with Gasteiger partial charge in [0, 0.05) is 6.20 Å². The van der Waals surface area contributed by atoms with Gasteiger partial charge in [-0.25, -0.2) is 4.98 Å². The molecule has 0 bridgehead atoms. The van der Waals surface area contributed by atoms with E-state index in [4.69, 9.17) is 9.68 Å². The molecule has 0 saturated carbocycles. The number of rotatable bonds is 1. The maximum atomic E-state index is 12.4. The molecular formula is C15H10N2O2. The van der Waals surface area contributed by atoms with Gasteiger partial charge < -0.3 is 4.42 Å². The first-order valence-corrected chi connectivity index (χ1v) is 5.98. The monoisotopic (exact) mass is 250 g/mol. The van der Waals surface area contributed by atoms with Crippen molar-refractivity contribution in [2.75, 3.05) is 0 Å². The molecule has 92 valence electrons. The van der Waals surface area contributed by atoms with Crippen molar-refractivity contribution in [3.63, 3.8) is 0 Å². The highest BCUT2D eigenvalue weighted by molar-refractivity contribution is 5.88. The summed E-state index contributed by atoms with van der Waals surface area (Å²) in [6, 6.07) is 9.04. The van der Waals surface area contributed by atoms with E-state index >= 15 is 0 Å². The van der Waals surface area contributed by atoms with E-state index in [1.807, 2.05) is 25.1 Å². The molecule has 0 saturated heterocycles. The maximum Gasteiger partial charge on any atom is 0.230 e.